The van der Waals surface area contributed by atoms with Crippen molar-refractivity contribution < 1.29 is 9.53 Å². The van der Waals surface area contributed by atoms with Crippen molar-refractivity contribution in [1.29, 1.82) is 0 Å². The van der Waals surface area contributed by atoms with Crippen LogP contribution in [0.4, 0.5) is 4.79 Å². The second kappa shape index (κ2) is 5.83. The van der Waals surface area contributed by atoms with Crippen molar-refractivity contribution in [1.82, 2.24) is 10.2 Å². The number of benzene rings is 1. The second-order valence-electron chi connectivity index (χ2n) is 5.88. The molecule has 1 spiro atoms. The standard InChI is InChI=1S/C16H22N2O2/c19-15(20-12-14-6-2-1-3-7-14)18-11-5-9-16(13-18)8-4-10-17-16/h1-3,6-7,17H,4-5,8-13H2/t16-/m0/s1. The molecule has 2 aliphatic heterocycles. The van der Waals surface area contributed by atoms with Crippen LogP contribution < -0.4 is 5.32 Å². The van der Waals surface area contributed by atoms with Gasteiger partial charge in [0.1, 0.15) is 6.61 Å². The minimum absolute atomic E-state index is 0.157. The molecule has 0 aliphatic carbocycles. The highest BCUT2D eigenvalue weighted by molar-refractivity contribution is 5.68. The van der Waals surface area contributed by atoms with E-state index in [-0.39, 0.29) is 11.6 Å². The van der Waals surface area contributed by atoms with Crippen LogP contribution >= 0.6 is 0 Å². The molecule has 3 rings (SSSR count). The fourth-order valence-electron chi connectivity index (χ4n) is 3.32. The van der Waals surface area contributed by atoms with Gasteiger partial charge in [0.05, 0.1) is 0 Å². The van der Waals surface area contributed by atoms with Crippen LogP contribution in [0.2, 0.25) is 0 Å². The van der Waals surface area contributed by atoms with Crippen molar-refractivity contribution in [2.45, 2.75) is 37.8 Å². The van der Waals surface area contributed by atoms with Crippen LogP contribution in [0.1, 0.15) is 31.2 Å². The molecule has 0 bridgehead atoms. The number of amides is 1. The molecule has 2 fully saturated rings. The molecular formula is C16H22N2O2. The summed E-state index contributed by atoms with van der Waals surface area (Å²) in [6.45, 7) is 3.04. The van der Waals surface area contributed by atoms with E-state index in [0.717, 1.165) is 31.6 Å². The van der Waals surface area contributed by atoms with E-state index in [2.05, 4.69) is 5.32 Å². The lowest BCUT2D eigenvalue weighted by atomic mass is 9.88. The van der Waals surface area contributed by atoms with Gasteiger partial charge in [-0.05, 0) is 37.8 Å². The van der Waals surface area contributed by atoms with Crippen molar-refractivity contribution in [3.63, 3.8) is 0 Å². The molecule has 2 aliphatic rings. The molecule has 1 amide bonds. The maximum Gasteiger partial charge on any atom is 0.410 e. The van der Waals surface area contributed by atoms with Crippen LogP contribution in [0.25, 0.3) is 0 Å². The Bertz CT molecular complexity index is 455. The topological polar surface area (TPSA) is 41.6 Å². The van der Waals surface area contributed by atoms with Gasteiger partial charge in [0.15, 0.2) is 0 Å². The van der Waals surface area contributed by atoms with Gasteiger partial charge in [-0.1, -0.05) is 30.3 Å². The Balaban J connectivity index is 1.54. The van der Waals surface area contributed by atoms with Crippen LogP contribution in [0.5, 0.6) is 0 Å². The Labute approximate surface area is 120 Å². The Morgan fingerprint density at radius 1 is 1.25 bits per heavy atom. The zero-order valence-electron chi connectivity index (χ0n) is 11.8. The number of rotatable bonds is 2. The van der Waals surface area contributed by atoms with Gasteiger partial charge in [-0.2, -0.15) is 0 Å². The maximum absolute atomic E-state index is 12.2. The smallest absolute Gasteiger partial charge is 0.410 e. The van der Waals surface area contributed by atoms with E-state index in [4.69, 9.17) is 4.74 Å². The number of carbonyl (C=O) groups is 1. The molecule has 108 valence electrons. The SMILES string of the molecule is O=C(OCc1ccccc1)N1CCC[C@@]2(CCCN2)C1. The van der Waals surface area contributed by atoms with E-state index in [1.165, 1.54) is 19.3 Å². The minimum atomic E-state index is -0.179. The molecule has 1 atom stereocenters. The summed E-state index contributed by atoms with van der Waals surface area (Å²) in [5.41, 5.74) is 1.19. The molecule has 0 radical (unpaired) electrons. The molecule has 1 aromatic carbocycles. The summed E-state index contributed by atoms with van der Waals surface area (Å²) in [5, 5.41) is 3.58. The first-order valence-electron chi connectivity index (χ1n) is 7.48. The largest absolute Gasteiger partial charge is 0.445 e. The third-order valence-electron chi connectivity index (χ3n) is 4.37. The summed E-state index contributed by atoms with van der Waals surface area (Å²) >= 11 is 0. The predicted molar refractivity (Wildman–Crippen MR) is 77.4 cm³/mol. The average Bonchev–Trinajstić information content (AvgIpc) is 2.93. The van der Waals surface area contributed by atoms with E-state index < -0.39 is 0 Å². The van der Waals surface area contributed by atoms with E-state index >= 15 is 0 Å². The Morgan fingerprint density at radius 2 is 2.05 bits per heavy atom. The number of carbonyl (C=O) groups excluding carboxylic acids is 1. The third-order valence-corrected chi connectivity index (χ3v) is 4.37. The number of piperidine rings is 1. The Kier molecular flexibility index (Phi) is 3.92. The van der Waals surface area contributed by atoms with Crippen molar-refractivity contribution in [2.24, 2.45) is 0 Å². The van der Waals surface area contributed by atoms with Crippen LogP contribution in [0.15, 0.2) is 30.3 Å². The highest BCUT2D eigenvalue weighted by Gasteiger charge is 2.39. The van der Waals surface area contributed by atoms with Crippen molar-refractivity contribution in [2.75, 3.05) is 19.6 Å². The fourth-order valence-corrected chi connectivity index (χ4v) is 3.32. The summed E-state index contributed by atoms with van der Waals surface area (Å²) in [6.07, 6.45) is 4.45. The number of nitrogens with one attached hydrogen (secondary N) is 1. The van der Waals surface area contributed by atoms with Gasteiger partial charge < -0.3 is 15.0 Å². The molecule has 4 nitrogen and oxygen atoms in total. The summed E-state index contributed by atoms with van der Waals surface area (Å²) in [5.74, 6) is 0. The second-order valence-corrected chi connectivity index (χ2v) is 5.88. The first-order valence-corrected chi connectivity index (χ1v) is 7.48. The number of hydrogen-bond donors (Lipinski definition) is 1. The third kappa shape index (κ3) is 2.96. The molecule has 2 heterocycles. The van der Waals surface area contributed by atoms with E-state index in [0.29, 0.717) is 6.61 Å². The van der Waals surface area contributed by atoms with Crippen LogP contribution in [-0.4, -0.2) is 36.2 Å². The minimum Gasteiger partial charge on any atom is -0.445 e. The lowest BCUT2D eigenvalue weighted by molar-refractivity contribution is 0.0694. The number of hydrogen-bond acceptors (Lipinski definition) is 3. The van der Waals surface area contributed by atoms with Crippen LogP contribution in [-0.2, 0) is 11.3 Å². The lowest BCUT2D eigenvalue weighted by Gasteiger charge is -2.40. The van der Waals surface area contributed by atoms with Crippen LogP contribution in [0, 0.1) is 0 Å². The molecule has 0 aromatic heterocycles. The molecule has 4 heteroatoms. The monoisotopic (exact) mass is 274 g/mol. The van der Waals surface area contributed by atoms with Gasteiger partial charge in [0.2, 0.25) is 0 Å². The maximum atomic E-state index is 12.2. The molecule has 1 aromatic rings. The molecule has 20 heavy (non-hydrogen) atoms. The summed E-state index contributed by atoms with van der Waals surface area (Å²) in [4.78, 5) is 14.1. The van der Waals surface area contributed by atoms with Gasteiger partial charge in [0, 0.05) is 18.6 Å². The van der Waals surface area contributed by atoms with Crippen molar-refractivity contribution in [3.8, 4) is 0 Å². The average molecular weight is 274 g/mol. The molecule has 0 unspecified atom stereocenters. The zero-order valence-corrected chi connectivity index (χ0v) is 11.8. The summed E-state index contributed by atoms with van der Waals surface area (Å²) < 4.78 is 5.43. The van der Waals surface area contributed by atoms with Gasteiger partial charge in [-0.15, -0.1) is 0 Å². The van der Waals surface area contributed by atoms with Gasteiger partial charge >= 0.3 is 6.09 Å². The van der Waals surface area contributed by atoms with Crippen molar-refractivity contribution in [3.05, 3.63) is 35.9 Å². The fraction of sp³-hybridized carbons (Fsp3) is 0.562. The molecule has 2 saturated heterocycles. The first-order chi connectivity index (χ1) is 9.77. The zero-order chi connectivity index (χ0) is 13.8. The van der Waals surface area contributed by atoms with E-state index in [1.807, 2.05) is 35.2 Å². The van der Waals surface area contributed by atoms with E-state index in [9.17, 15) is 4.79 Å². The molecule has 1 N–H and O–H groups in total. The first kappa shape index (κ1) is 13.4. The lowest BCUT2D eigenvalue weighted by Crippen LogP contribution is -2.55. The predicted octanol–water partition coefficient (Wildman–Crippen LogP) is 2.54. The van der Waals surface area contributed by atoms with Crippen molar-refractivity contribution >= 4 is 6.09 Å². The van der Waals surface area contributed by atoms with Gasteiger partial charge in [-0.3, -0.25) is 0 Å². The number of ether oxygens (including phenoxy) is 1. The Hall–Kier alpha value is -1.55. The normalized spacial score (nSPS) is 25.9. The number of nitrogens with zero attached hydrogens (tertiary/aromatic N) is 1. The van der Waals surface area contributed by atoms with E-state index in [1.54, 1.807) is 0 Å². The van der Waals surface area contributed by atoms with Crippen LogP contribution in [0.3, 0.4) is 0 Å². The molecule has 0 saturated carbocycles. The highest BCUT2D eigenvalue weighted by Crippen LogP contribution is 2.29. The van der Waals surface area contributed by atoms with Gasteiger partial charge in [-0.25, -0.2) is 4.79 Å². The summed E-state index contributed by atoms with van der Waals surface area (Å²) in [6, 6.07) is 9.83. The van der Waals surface area contributed by atoms with Gasteiger partial charge in [0.25, 0.3) is 0 Å². The highest BCUT2D eigenvalue weighted by atomic mass is 16.6. The quantitative estimate of drug-likeness (QED) is 0.901. The summed E-state index contributed by atoms with van der Waals surface area (Å²) in [7, 11) is 0. The number of likely N-dealkylation sites (tertiary alicyclic amines) is 1. The Morgan fingerprint density at radius 3 is 2.80 bits per heavy atom. The molecular weight excluding hydrogens is 252 g/mol.